The van der Waals surface area contributed by atoms with Gasteiger partial charge in [-0.15, -0.1) is 0 Å². The van der Waals surface area contributed by atoms with E-state index in [2.05, 4.69) is 21.2 Å². The molecule has 0 saturated heterocycles. The summed E-state index contributed by atoms with van der Waals surface area (Å²) in [6.07, 6.45) is 0.318. The van der Waals surface area contributed by atoms with Gasteiger partial charge >= 0.3 is 0 Å². The first-order valence-electron chi connectivity index (χ1n) is 6.61. The maximum absolute atomic E-state index is 11.7. The number of ether oxygens (including phenoxy) is 1. The van der Waals surface area contributed by atoms with Gasteiger partial charge in [0.25, 0.3) is 0 Å². The molecule has 5 heteroatoms. The molecule has 3 N–H and O–H groups in total. The Kier molecular flexibility index (Phi) is 5.78. The first-order chi connectivity index (χ1) is 10.1. The van der Waals surface area contributed by atoms with Crippen LogP contribution in [0.25, 0.3) is 0 Å². The van der Waals surface area contributed by atoms with E-state index in [0.717, 1.165) is 15.7 Å². The number of nitrogen functional groups attached to an aromatic ring is 1. The Morgan fingerprint density at radius 1 is 1.19 bits per heavy atom. The van der Waals surface area contributed by atoms with Gasteiger partial charge in [-0.25, -0.2) is 0 Å². The molecule has 0 saturated carbocycles. The number of carbonyl (C=O) groups excluding carboxylic acids is 1. The maximum Gasteiger partial charge on any atom is 0.226 e. The molecule has 0 atom stereocenters. The highest BCUT2D eigenvalue weighted by Crippen LogP contribution is 2.13. The summed E-state index contributed by atoms with van der Waals surface area (Å²) in [4.78, 5) is 11.7. The van der Waals surface area contributed by atoms with E-state index in [0.29, 0.717) is 25.3 Å². The average Bonchev–Trinajstić information content (AvgIpc) is 2.46. The summed E-state index contributed by atoms with van der Waals surface area (Å²) in [5.74, 6) is -0.0750. The average molecular weight is 349 g/mol. The standard InChI is InChI=1S/C16H17BrN2O2/c17-13-3-1-2-12(10-13)11-21-9-8-16(20)19-15-6-4-14(18)5-7-15/h1-7,10H,8-9,11,18H2,(H,19,20). The van der Waals surface area contributed by atoms with Crippen LogP contribution in [0.5, 0.6) is 0 Å². The molecule has 0 radical (unpaired) electrons. The molecule has 0 aliphatic carbocycles. The number of hydrogen-bond acceptors (Lipinski definition) is 3. The van der Waals surface area contributed by atoms with Crippen LogP contribution in [-0.4, -0.2) is 12.5 Å². The molecule has 0 fully saturated rings. The van der Waals surface area contributed by atoms with Crippen molar-refractivity contribution in [1.82, 2.24) is 0 Å². The molecule has 2 aromatic rings. The molecule has 1 amide bonds. The fraction of sp³-hybridized carbons (Fsp3) is 0.188. The molecule has 110 valence electrons. The smallest absolute Gasteiger partial charge is 0.226 e. The molecule has 0 bridgehead atoms. The Bertz CT molecular complexity index is 599. The van der Waals surface area contributed by atoms with Crippen LogP contribution < -0.4 is 11.1 Å². The third-order valence-electron chi connectivity index (χ3n) is 2.83. The summed E-state index contributed by atoms with van der Waals surface area (Å²) < 4.78 is 6.52. The van der Waals surface area contributed by atoms with E-state index in [1.165, 1.54) is 0 Å². The molecule has 21 heavy (non-hydrogen) atoms. The molecule has 0 unspecified atom stereocenters. The third-order valence-corrected chi connectivity index (χ3v) is 3.32. The Morgan fingerprint density at radius 3 is 2.67 bits per heavy atom. The second-order valence-corrected chi connectivity index (χ2v) is 5.52. The van der Waals surface area contributed by atoms with Gasteiger partial charge in [0.1, 0.15) is 0 Å². The highest BCUT2D eigenvalue weighted by atomic mass is 79.9. The van der Waals surface area contributed by atoms with Gasteiger partial charge in [-0.05, 0) is 42.0 Å². The van der Waals surface area contributed by atoms with Crippen LogP contribution in [0, 0.1) is 0 Å². The van der Waals surface area contributed by atoms with Crippen LogP contribution in [0.4, 0.5) is 11.4 Å². The fourth-order valence-corrected chi connectivity index (χ4v) is 2.22. The number of anilines is 2. The number of nitrogens with two attached hydrogens (primary N) is 1. The largest absolute Gasteiger partial charge is 0.399 e. The third kappa shape index (κ3) is 5.57. The molecule has 0 aliphatic heterocycles. The number of hydrogen-bond donors (Lipinski definition) is 2. The Labute approximate surface area is 132 Å². The number of amides is 1. The zero-order valence-electron chi connectivity index (χ0n) is 11.5. The highest BCUT2D eigenvalue weighted by Gasteiger charge is 2.02. The van der Waals surface area contributed by atoms with Crippen molar-refractivity contribution in [1.29, 1.82) is 0 Å². The van der Waals surface area contributed by atoms with Crippen molar-refractivity contribution in [3.63, 3.8) is 0 Å². The number of rotatable bonds is 6. The Balaban J connectivity index is 1.68. The van der Waals surface area contributed by atoms with Crippen LogP contribution in [0.1, 0.15) is 12.0 Å². The van der Waals surface area contributed by atoms with Gasteiger partial charge in [0.05, 0.1) is 19.6 Å². The van der Waals surface area contributed by atoms with Gasteiger partial charge in [-0.1, -0.05) is 28.1 Å². The number of halogens is 1. The molecular formula is C16H17BrN2O2. The van der Waals surface area contributed by atoms with E-state index in [9.17, 15) is 4.79 Å². The topological polar surface area (TPSA) is 64.3 Å². The Hall–Kier alpha value is -1.85. The second kappa shape index (κ2) is 7.81. The zero-order valence-corrected chi connectivity index (χ0v) is 13.1. The molecule has 0 aliphatic rings. The maximum atomic E-state index is 11.7. The lowest BCUT2D eigenvalue weighted by atomic mass is 10.2. The normalized spacial score (nSPS) is 10.3. The van der Waals surface area contributed by atoms with E-state index < -0.39 is 0 Å². The van der Waals surface area contributed by atoms with Crippen molar-refractivity contribution in [2.45, 2.75) is 13.0 Å². The van der Waals surface area contributed by atoms with Crippen molar-refractivity contribution in [2.24, 2.45) is 0 Å². The van der Waals surface area contributed by atoms with Gasteiger partial charge < -0.3 is 15.8 Å². The van der Waals surface area contributed by atoms with E-state index in [1.807, 2.05) is 24.3 Å². The quantitative estimate of drug-likeness (QED) is 0.619. The van der Waals surface area contributed by atoms with Crippen LogP contribution in [0.2, 0.25) is 0 Å². The lowest BCUT2D eigenvalue weighted by molar-refractivity contribution is -0.117. The summed E-state index contributed by atoms with van der Waals surface area (Å²) in [6.45, 7) is 0.877. The van der Waals surface area contributed by atoms with Crippen LogP contribution >= 0.6 is 15.9 Å². The molecule has 0 heterocycles. The van der Waals surface area contributed by atoms with Crippen molar-refractivity contribution >= 4 is 33.2 Å². The monoisotopic (exact) mass is 348 g/mol. The molecule has 4 nitrogen and oxygen atoms in total. The summed E-state index contributed by atoms with van der Waals surface area (Å²) in [7, 11) is 0. The van der Waals surface area contributed by atoms with E-state index in [4.69, 9.17) is 10.5 Å². The summed E-state index contributed by atoms with van der Waals surface area (Å²) >= 11 is 3.41. The SMILES string of the molecule is Nc1ccc(NC(=O)CCOCc2cccc(Br)c2)cc1. The van der Waals surface area contributed by atoms with Gasteiger partial charge in [0.15, 0.2) is 0 Å². The van der Waals surface area contributed by atoms with Gasteiger partial charge in [-0.3, -0.25) is 4.79 Å². The van der Waals surface area contributed by atoms with E-state index >= 15 is 0 Å². The summed E-state index contributed by atoms with van der Waals surface area (Å²) in [6, 6.07) is 14.9. The lowest BCUT2D eigenvalue weighted by Crippen LogP contribution is -2.14. The minimum absolute atomic E-state index is 0.0750. The first kappa shape index (κ1) is 15.5. The molecule has 0 spiro atoms. The van der Waals surface area contributed by atoms with Crippen molar-refractivity contribution in [2.75, 3.05) is 17.7 Å². The summed E-state index contributed by atoms with van der Waals surface area (Å²) in [5.41, 5.74) is 8.07. The lowest BCUT2D eigenvalue weighted by Gasteiger charge is -2.07. The van der Waals surface area contributed by atoms with Gasteiger partial charge in [-0.2, -0.15) is 0 Å². The van der Waals surface area contributed by atoms with Gasteiger partial charge in [0.2, 0.25) is 5.91 Å². The highest BCUT2D eigenvalue weighted by molar-refractivity contribution is 9.10. The Morgan fingerprint density at radius 2 is 1.95 bits per heavy atom. The minimum atomic E-state index is -0.0750. The molecule has 0 aromatic heterocycles. The summed E-state index contributed by atoms with van der Waals surface area (Å²) in [5, 5.41) is 2.79. The van der Waals surface area contributed by atoms with Crippen LogP contribution in [0.3, 0.4) is 0 Å². The van der Waals surface area contributed by atoms with Crippen LogP contribution in [0.15, 0.2) is 53.0 Å². The number of carbonyl (C=O) groups is 1. The van der Waals surface area contributed by atoms with Gasteiger partial charge in [0, 0.05) is 15.8 Å². The first-order valence-corrected chi connectivity index (χ1v) is 7.40. The van der Waals surface area contributed by atoms with Crippen molar-refractivity contribution in [3.05, 3.63) is 58.6 Å². The zero-order chi connectivity index (χ0) is 15.1. The minimum Gasteiger partial charge on any atom is -0.399 e. The number of nitrogens with one attached hydrogen (secondary N) is 1. The van der Waals surface area contributed by atoms with E-state index in [1.54, 1.807) is 24.3 Å². The predicted octanol–water partition coefficient (Wildman–Crippen LogP) is 3.58. The van der Waals surface area contributed by atoms with Crippen molar-refractivity contribution in [3.8, 4) is 0 Å². The second-order valence-electron chi connectivity index (χ2n) is 4.60. The predicted molar refractivity (Wildman–Crippen MR) is 87.9 cm³/mol. The fourth-order valence-electron chi connectivity index (χ4n) is 1.77. The van der Waals surface area contributed by atoms with Crippen LogP contribution in [-0.2, 0) is 16.1 Å². The van der Waals surface area contributed by atoms with Crippen molar-refractivity contribution < 1.29 is 9.53 Å². The molecular weight excluding hydrogens is 332 g/mol. The van der Waals surface area contributed by atoms with E-state index in [-0.39, 0.29) is 5.91 Å². The molecule has 2 rings (SSSR count). The molecule has 2 aromatic carbocycles. The number of benzene rings is 2.